The van der Waals surface area contributed by atoms with Gasteiger partial charge in [0.2, 0.25) is 5.91 Å². The van der Waals surface area contributed by atoms with Gasteiger partial charge in [0.25, 0.3) is 0 Å². The number of carbonyl (C=O) groups is 2. The predicted molar refractivity (Wildman–Crippen MR) is 84.1 cm³/mol. The summed E-state index contributed by atoms with van der Waals surface area (Å²) in [5.41, 5.74) is 0.235. The number of rotatable bonds is 3. The van der Waals surface area contributed by atoms with Crippen LogP contribution in [0.25, 0.3) is 0 Å². The van der Waals surface area contributed by atoms with Gasteiger partial charge in [-0.25, -0.2) is 8.78 Å². The summed E-state index contributed by atoms with van der Waals surface area (Å²) >= 11 is 0. The molecule has 0 aromatic heterocycles. The second-order valence-electron chi connectivity index (χ2n) is 5.68. The van der Waals surface area contributed by atoms with E-state index in [0.29, 0.717) is 12.2 Å². The number of anilines is 1. The fourth-order valence-electron chi connectivity index (χ4n) is 2.62. The zero-order chi connectivity index (χ0) is 17.3. The highest BCUT2D eigenvalue weighted by atomic mass is 19.1. The van der Waals surface area contributed by atoms with Gasteiger partial charge < -0.3 is 10.1 Å². The first-order valence-corrected chi connectivity index (χ1v) is 7.47. The van der Waals surface area contributed by atoms with Crippen LogP contribution in [0.2, 0.25) is 0 Å². The zero-order valence-corrected chi connectivity index (χ0v) is 12.9. The van der Waals surface area contributed by atoms with E-state index in [2.05, 4.69) is 5.32 Å². The maximum atomic E-state index is 14.0. The molecule has 0 spiro atoms. The normalized spacial score (nSPS) is 16.0. The summed E-state index contributed by atoms with van der Waals surface area (Å²) in [6.07, 6.45) is 0.427. The Bertz CT molecular complexity index is 797. The molecule has 6 heteroatoms. The van der Waals surface area contributed by atoms with Crippen LogP contribution in [0.1, 0.15) is 22.8 Å². The first-order chi connectivity index (χ1) is 11.5. The van der Waals surface area contributed by atoms with E-state index < -0.39 is 34.9 Å². The average molecular weight is 331 g/mol. The Hall–Kier alpha value is -2.76. The number of Topliss-reactive ketones (excluding diaryl/α,β-unsaturated/α-hetero) is 1. The smallest absolute Gasteiger partial charge is 0.231 e. The van der Waals surface area contributed by atoms with Crippen molar-refractivity contribution in [3.63, 3.8) is 0 Å². The van der Waals surface area contributed by atoms with E-state index in [-0.39, 0.29) is 12.2 Å². The summed E-state index contributed by atoms with van der Waals surface area (Å²) in [4.78, 5) is 23.5. The van der Waals surface area contributed by atoms with Crippen LogP contribution >= 0.6 is 0 Å². The summed E-state index contributed by atoms with van der Waals surface area (Å²) < 4.78 is 33.5. The molecule has 0 aliphatic carbocycles. The highest BCUT2D eigenvalue weighted by Gasteiger charge is 2.27. The van der Waals surface area contributed by atoms with Gasteiger partial charge in [0.05, 0.1) is 5.92 Å². The van der Waals surface area contributed by atoms with Gasteiger partial charge in [-0.2, -0.15) is 0 Å². The van der Waals surface area contributed by atoms with Gasteiger partial charge in [0, 0.05) is 5.56 Å². The second-order valence-corrected chi connectivity index (χ2v) is 5.68. The van der Waals surface area contributed by atoms with Gasteiger partial charge >= 0.3 is 0 Å². The third-order valence-corrected chi connectivity index (χ3v) is 3.95. The third kappa shape index (κ3) is 3.13. The monoisotopic (exact) mass is 331 g/mol. The van der Waals surface area contributed by atoms with Crippen LogP contribution in [-0.2, 0) is 11.2 Å². The van der Waals surface area contributed by atoms with Crippen molar-refractivity contribution < 1.29 is 23.1 Å². The molecule has 0 saturated carbocycles. The molecule has 1 atom stereocenters. The minimum atomic E-state index is -0.981. The molecular formula is C18H15F2NO3. The van der Waals surface area contributed by atoms with Crippen molar-refractivity contribution in [2.75, 3.05) is 11.9 Å². The van der Waals surface area contributed by atoms with E-state index in [1.165, 1.54) is 6.92 Å². The summed E-state index contributed by atoms with van der Waals surface area (Å²) in [6, 6.07) is 9.14. The maximum Gasteiger partial charge on any atom is 0.231 e. The lowest BCUT2D eigenvalue weighted by atomic mass is 9.96. The van der Waals surface area contributed by atoms with Crippen LogP contribution in [0.15, 0.2) is 36.4 Å². The van der Waals surface area contributed by atoms with E-state index in [1.54, 1.807) is 0 Å². The number of hydrogen-bond donors (Lipinski definition) is 1. The molecule has 1 N–H and O–H groups in total. The number of nitrogens with one attached hydrogen (secondary N) is 1. The number of ketones is 1. The zero-order valence-electron chi connectivity index (χ0n) is 12.9. The number of hydrogen-bond acceptors (Lipinski definition) is 3. The topological polar surface area (TPSA) is 55.4 Å². The van der Waals surface area contributed by atoms with Gasteiger partial charge in [-0.05, 0) is 37.1 Å². The summed E-state index contributed by atoms with van der Waals surface area (Å²) in [7, 11) is 0. The fraction of sp³-hybridized carbons (Fsp3) is 0.222. The Morgan fingerprint density at radius 3 is 2.50 bits per heavy atom. The summed E-state index contributed by atoms with van der Waals surface area (Å²) in [6.45, 7) is 1.35. The molecule has 124 valence electrons. The van der Waals surface area contributed by atoms with Crippen molar-refractivity contribution in [1.29, 1.82) is 0 Å². The minimum absolute atomic E-state index is 0.0853. The molecule has 24 heavy (non-hydrogen) atoms. The summed E-state index contributed by atoms with van der Waals surface area (Å²) in [5, 5.41) is 2.26. The van der Waals surface area contributed by atoms with Crippen LogP contribution in [0.3, 0.4) is 0 Å². The van der Waals surface area contributed by atoms with Crippen molar-refractivity contribution in [3.05, 3.63) is 59.2 Å². The largest absolute Gasteiger partial charge is 0.492 e. The van der Waals surface area contributed by atoms with Crippen LogP contribution in [0.5, 0.6) is 5.75 Å². The van der Waals surface area contributed by atoms with Crippen molar-refractivity contribution in [3.8, 4) is 5.75 Å². The Kier molecular flexibility index (Phi) is 4.29. The van der Waals surface area contributed by atoms with Crippen LogP contribution in [0, 0.1) is 17.6 Å². The van der Waals surface area contributed by atoms with E-state index in [1.807, 2.05) is 24.3 Å². The molecular weight excluding hydrogens is 316 g/mol. The lowest BCUT2D eigenvalue weighted by Gasteiger charge is -2.24. The van der Waals surface area contributed by atoms with E-state index in [0.717, 1.165) is 17.7 Å². The first-order valence-electron chi connectivity index (χ1n) is 7.47. The van der Waals surface area contributed by atoms with Crippen LogP contribution < -0.4 is 10.1 Å². The number of fused-ring (bicyclic) bond motifs is 1. The Balaban J connectivity index is 1.78. The Labute approximate surface area is 137 Å². The first kappa shape index (κ1) is 16.1. The molecule has 1 heterocycles. The van der Waals surface area contributed by atoms with Gasteiger partial charge in [0.1, 0.15) is 29.7 Å². The number of ether oxygens (including phenoxy) is 1. The Morgan fingerprint density at radius 2 is 1.83 bits per heavy atom. The molecule has 4 nitrogen and oxygen atoms in total. The average Bonchev–Trinajstić information content (AvgIpc) is 2.57. The van der Waals surface area contributed by atoms with E-state index >= 15 is 0 Å². The molecule has 2 aromatic rings. The predicted octanol–water partition coefficient (Wildman–Crippen LogP) is 3.36. The lowest BCUT2D eigenvalue weighted by Crippen LogP contribution is -2.33. The van der Waals surface area contributed by atoms with Crippen molar-refractivity contribution in [1.82, 2.24) is 0 Å². The van der Waals surface area contributed by atoms with Crippen LogP contribution in [-0.4, -0.2) is 18.3 Å². The molecule has 1 aliphatic heterocycles. The Morgan fingerprint density at radius 1 is 1.17 bits per heavy atom. The van der Waals surface area contributed by atoms with Crippen molar-refractivity contribution >= 4 is 17.4 Å². The molecule has 0 radical (unpaired) electrons. The van der Waals surface area contributed by atoms with E-state index in [9.17, 15) is 18.4 Å². The van der Waals surface area contributed by atoms with Gasteiger partial charge in [-0.1, -0.05) is 18.2 Å². The molecule has 0 saturated heterocycles. The fourth-order valence-corrected chi connectivity index (χ4v) is 2.62. The number of para-hydroxylation sites is 1. The maximum absolute atomic E-state index is 14.0. The van der Waals surface area contributed by atoms with E-state index in [4.69, 9.17) is 4.74 Å². The highest BCUT2D eigenvalue weighted by Crippen LogP contribution is 2.28. The third-order valence-electron chi connectivity index (χ3n) is 3.95. The number of benzene rings is 2. The molecule has 1 amide bonds. The van der Waals surface area contributed by atoms with Crippen molar-refractivity contribution in [2.24, 2.45) is 5.92 Å². The molecule has 0 unspecified atom stereocenters. The molecule has 3 rings (SSSR count). The summed E-state index contributed by atoms with van der Waals surface area (Å²) in [5.74, 6) is -2.78. The quantitative estimate of drug-likeness (QED) is 0.878. The van der Waals surface area contributed by atoms with Gasteiger partial charge in [0.15, 0.2) is 5.78 Å². The molecule has 0 fully saturated rings. The van der Waals surface area contributed by atoms with Crippen LogP contribution in [0.4, 0.5) is 14.5 Å². The number of amides is 1. The van der Waals surface area contributed by atoms with Gasteiger partial charge in [-0.3, -0.25) is 9.59 Å². The second kappa shape index (κ2) is 6.39. The number of halogens is 2. The van der Waals surface area contributed by atoms with Crippen molar-refractivity contribution in [2.45, 2.75) is 13.3 Å². The lowest BCUT2D eigenvalue weighted by molar-refractivity contribution is -0.121. The van der Waals surface area contributed by atoms with Gasteiger partial charge in [-0.15, -0.1) is 0 Å². The standard InChI is InChI=1S/C18H15F2NO3/c1-10(22)12-7-14(19)17(15(20)8-12)21-18(23)13-6-11-4-2-3-5-16(11)24-9-13/h2-5,7-8,13H,6,9H2,1H3,(H,21,23)/t13-/m1/s1. The SMILES string of the molecule is CC(=O)c1cc(F)c(NC(=O)[C@H]2COc3ccccc3C2)c(F)c1. The number of carbonyl (C=O) groups excluding carboxylic acids is 2. The minimum Gasteiger partial charge on any atom is -0.492 e. The highest BCUT2D eigenvalue weighted by molar-refractivity contribution is 5.96. The molecule has 1 aliphatic rings. The molecule has 2 aromatic carbocycles. The molecule has 0 bridgehead atoms.